The summed E-state index contributed by atoms with van der Waals surface area (Å²) in [5.74, 6) is 0.316. The number of unbranched alkanes of at least 4 members (excludes halogenated alkanes) is 1. The van der Waals surface area contributed by atoms with Crippen LogP contribution in [-0.2, 0) is 4.79 Å². The third-order valence-electron chi connectivity index (χ3n) is 1.52. The fourth-order valence-corrected chi connectivity index (χ4v) is 0.880. The van der Waals surface area contributed by atoms with Crippen molar-refractivity contribution in [2.24, 2.45) is 0 Å². The molecule has 1 rings (SSSR count). The standard InChI is InChI=1S/C8H12N2O3/c11-5-2-1-3-8(12)9-7-4-6-13-10-7/h4,6,11H,1-3,5H2,(H,9,10,12). The van der Waals surface area contributed by atoms with Crippen LogP contribution in [0.2, 0.25) is 0 Å². The van der Waals surface area contributed by atoms with E-state index in [1.54, 1.807) is 6.07 Å². The fourth-order valence-electron chi connectivity index (χ4n) is 0.880. The Morgan fingerprint density at radius 2 is 2.46 bits per heavy atom. The Morgan fingerprint density at radius 1 is 1.62 bits per heavy atom. The highest BCUT2D eigenvalue weighted by molar-refractivity contribution is 5.89. The van der Waals surface area contributed by atoms with Crippen LogP contribution in [0.3, 0.4) is 0 Å². The van der Waals surface area contributed by atoms with E-state index in [1.807, 2.05) is 0 Å². The van der Waals surface area contributed by atoms with E-state index in [-0.39, 0.29) is 12.5 Å². The molecule has 0 atom stereocenters. The van der Waals surface area contributed by atoms with Crippen molar-refractivity contribution in [2.75, 3.05) is 11.9 Å². The first-order valence-electron chi connectivity index (χ1n) is 4.14. The number of carbonyl (C=O) groups is 1. The first-order valence-corrected chi connectivity index (χ1v) is 4.14. The maximum atomic E-state index is 11.1. The summed E-state index contributed by atoms with van der Waals surface area (Å²) in [6, 6.07) is 1.57. The van der Waals surface area contributed by atoms with Gasteiger partial charge in [-0.1, -0.05) is 5.16 Å². The zero-order chi connectivity index (χ0) is 9.52. The second-order valence-electron chi connectivity index (χ2n) is 2.61. The number of hydrogen-bond donors (Lipinski definition) is 2. The molecule has 72 valence electrons. The zero-order valence-electron chi connectivity index (χ0n) is 7.19. The molecule has 13 heavy (non-hydrogen) atoms. The predicted molar refractivity (Wildman–Crippen MR) is 46.1 cm³/mol. The molecule has 1 heterocycles. The van der Waals surface area contributed by atoms with Crippen LogP contribution in [0.25, 0.3) is 0 Å². The number of aromatic nitrogens is 1. The molecule has 0 aliphatic heterocycles. The molecular weight excluding hydrogens is 172 g/mol. The van der Waals surface area contributed by atoms with E-state index in [9.17, 15) is 4.79 Å². The van der Waals surface area contributed by atoms with E-state index in [4.69, 9.17) is 5.11 Å². The normalized spacial score (nSPS) is 9.92. The van der Waals surface area contributed by atoms with Gasteiger partial charge in [0.2, 0.25) is 5.91 Å². The molecule has 0 radical (unpaired) electrons. The Labute approximate surface area is 75.7 Å². The van der Waals surface area contributed by atoms with Crippen LogP contribution in [-0.4, -0.2) is 22.8 Å². The van der Waals surface area contributed by atoms with Gasteiger partial charge in [0.15, 0.2) is 5.82 Å². The Hall–Kier alpha value is -1.36. The van der Waals surface area contributed by atoms with Gasteiger partial charge in [-0.25, -0.2) is 0 Å². The monoisotopic (exact) mass is 184 g/mol. The Morgan fingerprint density at radius 3 is 3.08 bits per heavy atom. The largest absolute Gasteiger partial charge is 0.396 e. The van der Waals surface area contributed by atoms with Crippen molar-refractivity contribution >= 4 is 11.7 Å². The molecule has 0 fully saturated rings. The molecule has 1 amide bonds. The lowest BCUT2D eigenvalue weighted by Crippen LogP contribution is -2.11. The van der Waals surface area contributed by atoms with Crippen molar-refractivity contribution in [3.63, 3.8) is 0 Å². The molecular formula is C8H12N2O3. The van der Waals surface area contributed by atoms with Gasteiger partial charge in [-0.05, 0) is 12.8 Å². The summed E-state index contributed by atoms with van der Waals surface area (Å²) in [6.45, 7) is 0.122. The van der Waals surface area contributed by atoms with E-state index >= 15 is 0 Å². The zero-order valence-corrected chi connectivity index (χ0v) is 7.19. The van der Waals surface area contributed by atoms with E-state index in [0.29, 0.717) is 25.1 Å². The second-order valence-corrected chi connectivity index (χ2v) is 2.61. The molecule has 0 saturated carbocycles. The Bertz CT molecular complexity index is 246. The van der Waals surface area contributed by atoms with Crippen LogP contribution >= 0.6 is 0 Å². The number of aliphatic hydroxyl groups is 1. The molecule has 0 aromatic carbocycles. The summed E-state index contributed by atoms with van der Waals surface area (Å²) < 4.78 is 4.54. The molecule has 1 aromatic rings. The molecule has 5 nitrogen and oxygen atoms in total. The smallest absolute Gasteiger partial charge is 0.225 e. The maximum Gasteiger partial charge on any atom is 0.225 e. The number of anilines is 1. The highest BCUT2D eigenvalue weighted by Gasteiger charge is 2.03. The van der Waals surface area contributed by atoms with E-state index in [1.165, 1.54) is 6.26 Å². The molecule has 0 saturated heterocycles. The van der Waals surface area contributed by atoms with E-state index < -0.39 is 0 Å². The molecule has 0 bridgehead atoms. The highest BCUT2D eigenvalue weighted by atomic mass is 16.5. The third kappa shape index (κ3) is 3.71. The van der Waals surface area contributed by atoms with Gasteiger partial charge in [0.1, 0.15) is 6.26 Å². The van der Waals surface area contributed by atoms with E-state index in [0.717, 1.165) is 0 Å². The predicted octanol–water partition coefficient (Wildman–Crippen LogP) is 0.776. The SMILES string of the molecule is O=C(CCCCO)Nc1ccon1. The highest BCUT2D eigenvalue weighted by Crippen LogP contribution is 2.03. The molecule has 1 aromatic heterocycles. The number of nitrogens with zero attached hydrogens (tertiary/aromatic N) is 1. The van der Waals surface area contributed by atoms with Crippen molar-refractivity contribution in [2.45, 2.75) is 19.3 Å². The molecule has 0 aliphatic rings. The van der Waals surface area contributed by atoms with Gasteiger partial charge in [0.25, 0.3) is 0 Å². The van der Waals surface area contributed by atoms with Crippen molar-refractivity contribution in [1.29, 1.82) is 0 Å². The van der Waals surface area contributed by atoms with E-state index in [2.05, 4.69) is 15.0 Å². The number of carbonyl (C=O) groups excluding carboxylic acids is 1. The number of hydrogen-bond acceptors (Lipinski definition) is 4. The van der Waals surface area contributed by atoms with Crippen molar-refractivity contribution < 1.29 is 14.4 Å². The number of amides is 1. The van der Waals surface area contributed by atoms with Crippen LogP contribution in [0, 0.1) is 0 Å². The van der Waals surface area contributed by atoms with Gasteiger partial charge in [-0.15, -0.1) is 0 Å². The van der Waals surface area contributed by atoms with Crippen LogP contribution < -0.4 is 5.32 Å². The lowest BCUT2D eigenvalue weighted by atomic mass is 10.2. The van der Waals surface area contributed by atoms with Crippen molar-refractivity contribution in [3.05, 3.63) is 12.3 Å². The van der Waals surface area contributed by atoms with Gasteiger partial charge in [-0.3, -0.25) is 4.79 Å². The van der Waals surface area contributed by atoms with Gasteiger partial charge >= 0.3 is 0 Å². The average molecular weight is 184 g/mol. The first-order chi connectivity index (χ1) is 6.33. The minimum atomic E-state index is -0.109. The molecule has 5 heteroatoms. The summed E-state index contributed by atoms with van der Waals surface area (Å²) in [6.07, 6.45) is 3.11. The molecule has 2 N–H and O–H groups in total. The van der Waals surface area contributed by atoms with Gasteiger partial charge < -0.3 is 14.9 Å². The summed E-state index contributed by atoms with van der Waals surface area (Å²) >= 11 is 0. The van der Waals surface area contributed by atoms with Gasteiger partial charge in [-0.2, -0.15) is 0 Å². The molecule has 0 spiro atoms. The fraction of sp³-hybridized carbons (Fsp3) is 0.500. The third-order valence-corrected chi connectivity index (χ3v) is 1.52. The Balaban J connectivity index is 2.18. The summed E-state index contributed by atoms with van der Waals surface area (Å²) in [5.41, 5.74) is 0. The van der Waals surface area contributed by atoms with Crippen LogP contribution in [0.15, 0.2) is 16.9 Å². The lowest BCUT2D eigenvalue weighted by Gasteiger charge is -1.99. The van der Waals surface area contributed by atoms with Crippen LogP contribution in [0.4, 0.5) is 5.82 Å². The summed E-state index contributed by atoms with van der Waals surface area (Å²) in [5, 5.41) is 14.6. The average Bonchev–Trinajstić information content (AvgIpc) is 2.57. The van der Waals surface area contributed by atoms with Crippen molar-refractivity contribution in [1.82, 2.24) is 5.16 Å². The maximum absolute atomic E-state index is 11.1. The molecule has 0 unspecified atom stereocenters. The topological polar surface area (TPSA) is 75.4 Å². The number of aliphatic hydroxyl groups excluding tert-OH is 1. The minimum absolute atomic E-state index is 0.109. The molecule has 0 aliphatic carbocycles. The minimum Gasteiger partial charge on any atom is -0.396 e. The van der Waals surface area contributed by atoms with Crippen molar-refractivity contribution in [3.8, 4) is 0 Å². The summed E-state index contributed by atoms with van der Waals surface area (Å²) in [7, 11) is 0. The number of nitrogens with one attached hydrogen (secondary N) is 1. The van der Waals surface area contributed by atoms with Crippen LogP contribution in [0.5, 0.6) is 0 Å². The van der Waals surface area contributed by atoms with Gasteiger partial charge in [0, 0.05) is 19.1 Å². The Kier molecular flexibility index (Phi) is 3.98. The quantitative estimate of drug-likeness (QED) is 0.663. The summed E-state index contributed by atoms with van der Waals surface area (Å²) in [4.78, 5) is 11.1. The van der Waals surface area contributed by atoms with Gasteiger partial charge in [0.05, 0.1) is 0 Å². The first kappa shape index (κ1) is 9.73. The van der Waals surface area contributed by atoms with Crippen LogP contribution in [0.1, 0.15) is 19.3 Å². The lowest BCUT2D eigenvalue weighted by molar-refractivity contribution is -0.116. The second kappa shape index (κ2) is 5.31. The number of rotatable bonds is 5.